The van der Waals surface area contributed by atoms with Gasteiger partial charge in [0.2, 0.25) is 0 Å². The normalized spacial score (nSPS) is 13.2. The molecule has 21 heavy (non-hydrogen) atoms. The molecule has 1 atom stereocenters. The van der Waals surface area contributed by atoms with Crippen LogP contribution in [0.5, 0.6) is 0 Å². The Balaban J connectivity index is 2.18. The summed E-state index contributed by atoms with van der Waals surface area (Å²) in [6, 6.07) is 7.12. The summed E-state index contributed by atoms with van der Waals surface area (Å²) >= 11 is 3.35. The molecule has 0 bridgehead atoms. The minimum Gasteiger partial charge on any atom is -0.313 e. The van der Waals surface area contributed by atoms with Gasteiger partial charge in [0.25, 0.3) is 0 Å². The van der Waals surface area contributed by atoms with E-state index in [0.717, 1.165) is 27.7 Å². The smallest absolute Gasteiger partial charge is 0.313 e. The Morgan fingerprint density at radius 3 is 2.38 bits per heavy atom. The molecule has 0 aliphatic rings. The summed E-state index contributed by atoms with van der Waals surface area (Å²) in [7, 11) is 1.79. The van der Waals surface area contributed by atoms with Crippen molar-refractivity contribution in [3.63, 3.8) is 0 Å². The second-order valence-electron chi connectivity index (χ2n) is 4.68. The lowest BCUT2D eigenvalue weighted by Crippen LogP contribution is -2.19. The van der Waals surface area contributed by atoms with Gasteiger partial charge in [0, 0.05) is 22.9 Å². The third-order valence-corrected chi connectivity index (χ3v) is 3.62. The van der Waals surface area contributed by atoms with Gasteiger partial charge in [-0.25, -0.2) is 0 Å². The number of hydrogen-bond donors (Lipinski definition) is 1. The van der Waals surface area contributed by atoms with E-state index in [9.17, 15) is 13.2 Å². The van der Waals surface area contributed by atoms with Crippen LogP contribution in [0.2, 0.25) is 0 Å². The molecule has 0 saturated carbocycles. The fourth-order valence-electron chi connectivity index (χ4n) is 2.09. The number of rotatable bonds is 4. The van der Waals surface area contributed by atoms with E-state index in [-0.39, 0.29) is 6.04 Å². The van der Waals surface area contributed by atoms with E-state index in [1.807, 2.05) is 6.07 Å². The number of hydrogen-bond acceptors (Lipinski definition) is 2. The lowest BCUT2D eigenvalue weighted by atomic mass is 9.99. The molecule has 6 heteroatoms. The van der Waals surface area contributed by atoms with Gasteiger partial charge in [-0.3, -0.25) is 4.98 Å². The molecule has 0 spiro atoms. The number of nitrogens with zero attached hydrogens (tertiary/aromatic N) is 1. The standard InChI is InChI=1S/C15H14BrF3N2/c1-20-14(7-10-6-13(16)9-21-8-10)11-2-4-12(5-3-11)15(17,18)19/h2-6,8-9,14,20H,7H2,1H3. The van der Waals surface area contributed by atoms with Crippen molar-refractivity contribution < 1.29 is 13.2 Å². The van der Waals surface area contributed by atoms with E-state index in [1.165, 1.54) is 12.1 Å². The van der Waals surface area contributed by atoms with Crippen molar-refractivity contribution in [2.45, 2.75) is 18.6 Å². The minimum atomic E-state index is -4.30. The van der Waals surface area contributed by atoms with Gasteiger partial charge < -0.3 is 5.32 Å². The quantitative estimate of drug-likeness (QED) is 0.877. The highest BCUT2D eigenvalue weighted by Crippen LogP contribution is 2.30. The van der Waals surface area contributed by atoms with Crippen LogP contribution < -0.4 is 5.32 Å². The van der Waals surface area contributed by atoms with Crippen molar-refractivity contribution in [2.75, 3.05) is 7.05 Å². The van der Waals surface area contributed by atoms with E-state index < -0.39 is 11.7 Å². The van der Waals surface area contributed by atoms with E-state index in [4.69, 9.17) is 0 Å². The second-order valence-corrected chi connectivity index (χ2v) is 5.59. The van der Waals surface area contributed by atoms with Crippen LogP contribution in [0.25, 0.3) is 0 Å². The van der Waals surface area contributed by atoms with Crippen molar-refractivity contribution in [3.05, 3.63) is 63.9 Å². The molecule has 1 heterocycles. The van der Waals surface area contributed by atoms with Gasteiger partial charge in [0.1, 0.15) is 0 Å². The van der Waals surface area contributed by atoms with Crippen molar-refractivity contribution >= 4 is 15.9 Å². The number of aromatic nitrogens is 1. The number of alkyl halides is 3. The van der Waals surface area contributed by atoms with Crippen LogP contribution in [0.1, 0.15) is 22.7 Å². The van der Waals surface area contributed by atoms with Gasteiger partial charge in [-0.1, -0.05) is 12.1 Å². The van der Waals surface area contributed by atoms with E-state index >= 15 is 0 Å². The average molecular weight is 359 g/mol. The average Bonchev–Trinajstić information content (AvgIpc) is 2.44. The molecule has 1 aromatic heterocycles. The van der Waals surface area contributed by atoms with Crippen molar-refractivity contribution in [1.82, 2.24) is 10.3 Å². The van der Waals surface area contributed by atoms with Gasteiger partial charge >= 0.3 is 6.18 Å². The van der Waals surface area contributed by atoms with Crippen LogP contribution in [0, 0.1) is 0 Å². The zero-order valence-electron chi connectivity index (χ0n) is 11.3. The molecule has 1 aromatic carbocycles. The van der Waals surface area contributed by atoms with Crippen LogP contribution >= 0.6 is 15.9 Å². The number of benzene rings is 1. The van der Waals surface area contributed by atoms with Gasteiger partial charge in [-0.05, 0) is 58.7 Å². The molecule has 0 amide bonds. The Morgan fingerprint density at radius 2 is 1.86 bits per heavy atom. The molecule has 0 aliphatic heterocycles. The fraction of sp³-hybridized carbons (Fsp3) is 0.267. The third kappa shape index (κ3) is 4.28. The number of nitrogens with one attached hydrogen (secondary N) is 1. The predicted molar refractivity (Wildman–Crippen MR) is 78.9 cm³/mol. The van der Waals surface area contributed by atoms with Gasteiger partial charge in [-0.2, -0.15) is 13.2 Å². The van der Waals surface area contributed by atoms with Crippen molar-refractivity contribution in [1.29, 1.82) is 0 Å². The summed E-state index contributed by atoms with van der Waals surface area (Å²) in [4.78, 5) is 4.09. The molecule has 0 radical (unpaired) electrons. The van der Waals surface area contributed by atoms with Crippen LogP contribution in [0.4, 0.5) is 13.2 Å². The summed E-state index contributed by atoms with van der Waals surface area (Å²) in [6.07, 6.45) is -0.217. The minimum absolute atomic E-state index is 0.0663. The lowest BCUT2D eigenvalue weighted by molar-refractivity contribution is -0.137. The monoisotopic (exact) mass is 358 g/mol. The van der Waals surface area contributed by atoms with Crippen molar-refractivity contribution in [2.24, 2.45) is 0 Å². The number of pyridine rings is 1. The maximum Gasteiger partial charge on any atom is 0.416 e. The molecular weight excluding hydrogens is 345 g/mol. The highest BCUT2D eigenvalue weighted by atomic mass is 79.9. The Bertz CT molecular complexity index is 597. The maximum atomic E-state index is 12.6. The van der Waals surface area contributed by atoms with E-state index in [1.54, 1.807) is 19.4 Å². The topological polar surface area (TPSA) is 24.9 Å². The Kier molecular flexibility index (Phi) is 5.00. The fourth-order valence-corrected chi connectivity index (χ4v) is 2.51. The summed E-state index contributed by atoms with van der Waals surface area (Å²) in [5, 5.41) is 3.12. The van der Waals surface area contributed by atoms with Gasteiger partial charge in [0.15, 0.2) is 0 Å². The molecule has 0 fully saturated rings. The number of likely N-dealkylation sites (N-methyl/N-ethyl adjacent to an activating group) is 1. The molecule has 2 aromatic rings. The molecule has 2 nitrogen and oxygen atoms in total. The lowest BCUT2D eigenvalue weighted by Gasteiger charge is -2.17. The van der Waals surface area contributed by atoms with Crippen LogP contribution in [0.15, 0.2) is 47.2 Å². The number of halogens is 4. The SMILES string of the molecule is CNC(Cc1cncc(Br)c1)c1ccc(C(F)(F)F)cc1. The maximum absolute atomic E-state index is 12.6. The molecular formula is C15H14BrF3N2. The molecule has 0 saturated heterocycles. The summed E-state index contributed by atoms with van der Waals surface area (Å²) in [5.41, 5.74) is 1.18. The van der Waals surface area contributed by atoms with Gasteiger partial charge in [-0.15, -0.1) is 0 Å². The summed E-state index contributed by atoms with van der Waals surface area (Å²) < 4.78 is 38.6. The second kappa shape index (κ2) is 6.58. The van der Waals surface area contributed by atoms with E-state index in [0.29, 0.717) is 6.42 Å². The zero-order valence-corrected chi connectivity index (χ0v) is 12.9. The van der Waals surface area contributed by atoms with Crippen molar-refractivity contribution in [3.8, 4) is 0 Å². The van der Waals surface area contributed by atoms with Crippen LogP contribution in [-0.4, -0.2) is 12.0 Å². The van der Waals surface area contributed by atoms with Crippen LogP contribution in [-0.2, 0) is 12.6 Å². The summed E-state index contributed by atoms with van der Waals surface area (Å²) in [5.74, 6) is 0. The first kappa shape index (κ1) is 16.0. The molecule has 2 rings (SSSR count). The van der Waals surface area contributed by atoms with E-state index in [2.05, 4.69) is 26.2 Å². The summed E-state index contributed by atoms with van der Waals surface area (Å²) in [6.45, 7) is 0. The third-order valence-electron chi connectivity index (χ3n) is 3.19. The molecule has 112 valence electrons. The predicted octanol–water partition coefficient (Wildman–Crippen LogP) is 4.37. The molecule has 1 N–H and O–H groups in total. The highest BCUT2D eigenvalue weighted by molar-refractivity contribution is 9.10. The van der Waals surface area contributed by atoms with Gasteiger partial charge in [0.05, 0.1) is 5.56 Å². The largest absolute Gasteiger partial charge is 0.416 e. The molecule has 1 unspecified atom stereocenters. The first-order valence-electron chi connectivity index (χ1n) is 6.34. The highest BCUT2D eigenvalue weighted by Gasteiger charge is 2.30. The first-order chi connectivity index (χ1) is 9.90. The Hall–Kier alpha value is -1.40. The first-order valence-corrected chi connectivity index (χ1v) is 7.13. The molecule has 0 aliphatic carbocycles. The zero-order chi connectivity index (χ0) is 15.5. The van der Waals surface area contributed by atoms with Crippen LogP contribution in [0.3, 0.4) is 0 Å². The Labute approximate surface area is 129 Å². The Morgan fingerprint density at radius 1 is 1.19 bits per heavy atom.